The van der Waals surface area contributed by atoms with Gasteiger partial charge in [-0.1, -0.05) is 18.2 Å². The maximum Gasteiger partial charge on any atom is 0.345 e. The maximum absolute atomic E-state index is 11.4. The number of hydrogen-bond acceptors (Lipinski definition) is 4. The fraction of sp³-hybridized carbons (Fsp3) is 0.235. The third kappa shape index (κ3) is 3.91. The molecule has 0 saturated heterocycles. The fourth-order valence-corrected chi connectivity index (χ4v) is 2.07. The van der Waals surface area contributed by atoms with E-state index in [1.807, 2.05) is 18.2 Å². The number of para-hydroxylation sites is 1. The maximum atomic E-state index is 11.4. The van der Waals surface area contributed by atoms with Gasteiger partial charge in [0.05, 0.1) is 14.2 Å². The lowest BCUT2D eigenvalue weighted by Gasteiger charge is -2.17. The average molecular weight is 302 g/mol. The molecular formula is C17H18O5. The van der Waals surface area contributed by atoms with Crippen molar-refractivity contribution in [3.05, 3.63) is 54.1 Å². The quantitative estimate of drug-likeness (QED) is 0.852. The van der Waals surface area contributed by atoms with Crippen molar-refractivity contribution in [2.24, 2.45) is 0 Å². The van der Waals surface area contributed by atoms with Gasteiger partial charge in [-0.25, -0.2) is 4.79 Å². The van der Waals surface area contributed by atoms with Crippen molar-refractivity contribution in [1.82, 2.24) is 0 Å². The first-order valence-electron chi connectivity index (χ1n) is 6.79. The highest BCUT2D eigenvalue weighted by Gasteiger charge is 2.21. The van der Waals surface area contributed by atoms with Gasteiger partial charge in [-0.2, -0.15) is 0 Å². The summed E-state index contributed by atoms with van der Waals surface area (Å²) in [5, 5.41) is 9.37. The molecular weight excluding hydrogens is 284 g/mol. The van der Waals surface area contributed by atoms with E-state index in [4.69, 9.17) is 14.2 Å². The second-order valence-electron chi connectivity index (χ2n) is 4.64. The third-order valence-corrected chi connectivity index (χ3v) is 3.21. The Morgan fingerprint density at radius 2 is 1.64 bits per heavy atom. The average Bonchev–Trinajstić information content (AvgIpc) is 2.55. The molecule has 1 atom stereocenters. The molecule has 0 aliphatic heterocycles. The van der Waals surface area contributed by atoms with Crippen molar-refractivity contribution < 1.29 is 24.1 Å². The minimum absolute atomic E-state index is 0.214. The molecule has 0 aliphatic carbocycles. The SMILES string of the molecule is COc1ccc(O[C@H](Cc2ccccc2OC)C(=O)O)cc1. The van der Waals surface area contributed by atoms with E-state index in [0.29, 0.717) is 17.2 Å². The minimum Gasteiger partial charge on any atom is -0.497 e. The van der Waals surface area contributed by atoms with Crippen molar-refractivity contribution in [1.29, 1.82) is 0 Å². The standard InChI is InChI=1S/C17H18O5/c1-20-13-7-9-14(10-8-13)22-16(17(18)19)11-12-5-3-4-6-15(12)21-2/h3-10,16H,11H2,1-2H3,(H,18,19)/t16-/m1/s1. The van der Waals surface area contributed by atoms with E-state index in [-0.39, 0.29) is 6.42 Å². The van der Waals surface area contributed by atoms with Crippen LogP contribution in [-0.4, -0.2) is 31.4 Å². The molecule has 0 fully saturated rings. The Kier molecular flexibility index (Phi) is 5.25. The minimum atomic E-state index is -1.03. The highest BCUT2D eigenvalue weighted by molar-refractivity contribution is 5.73. The zero-order valence-corrected chi connectivity index (χ0v) is 12.5. The Hall–Kier alpha value is -2.69. The van der Waals surface area contributed by atoms with Crippen LogP contribution in [0.2, 0.25) is 0 Å². The molecule has 2 rings (SSSR count). The Morgan fingerprint density at radius 3 is 2.23 bits per heavy atom. The van der Waals surface area contributed by atoms with E-state index < -0.39 is 12.1 Å². The Labute approximate surface area is 129 Å². The normalized spacial score (nSPS) is 11.5. The lowest BCUT2D eigenvalue weighted by atomic mass is 10.1. The summed E-state index contributed by atoms with van der Waals surface area (Å²) in [5.41, 5.74) is 0.783. The number of carboxylic acids is 1. The summed E-state index contributed by atoms with van der Waals surface area (Å²) in [6.07, 6.45) is -0.782. The number of carbonyl (C=O) groups is 1. The van der Waals surface area contributed by atoms with Crippen molar-refractivity contribution in [2.45, 2.75) is 12.5 Å². The second kappa shape index (κ2) is 7.36. The molecule has 2 aromatic rings. The van der Waals surface area contributed by atoms with Gasteiger partial charge in [0, 0.05) is 6.42 Å². The van der Waals surface area contributed by atoms with Gasteiger partial charge in [-0.3, -0.25) is 0 Å². The van der Waals surface area contributed by atoms with E-state index in [1.165, 1.54) is 0 Å². The molecule has 0 amide bonds. The summed E-state index contributed by atoms with van der Waals surface area (Å²) in [5.74, 6) is 0.779. The fourth-order valence-electron chi connectivity index (χ4n) is 2.07. The van der Waals surface area contributed by atoms with Gasteiger partial charge in [0.25, 0.3) is 0 Å². The molecule has 0 bridgehead atoms. The van der Waals surface area contributed by atoms with E-state index >= 15 is 0 Å². The molecule has 0 heterocycles. The number of hydrogen-bond donors (Lipinski definition) is 1. The van der Waals surface area contributed by atoms with E-state index in [1.54, 1.807) is 44.6 Å². The Morgan fingerprint density at radius 1 is 1.00 bits per heavy atom. The molecule has 2 aromatic carbocycles. The second-order valence-corrected chi connectivity index (χ2v) is 4.64. The number of methoxy groups -OCH3 is 2. The predicted octanol–water partition coefficient (Wildman–Crippen LogP) is 2.78. The highest BCUT2D eigenvalue weighted by Crippen LogP contribution is 2.23. The highest BCUT2D eigenvalue weighted by atomic mass is 16.5. The van der Waals surface area contributed by atoms with E-state index in [9.17, 15) is 9.90 Å². The van der Waals surface area contributed by atoms with E-state index in [0.717, 1.165) is 5.56 Å². The van der Waals surface area contributed by atoms with Crippen LogP contribution in [0.4, 0.5) is 0 Å². The number of carboxylic acid groups (broad SMARTS) is 1. The summed E-state index contributed by atoms with van der Waals surface area (Å²) >= 11 is 0. The molecule has 5 nitrogen and oxygen atoms in total. The van der Waals surface area contributed by atoms with E-state index in [2.05, 4.69) is 0 Å². The smallest absolute Gasteiger partial charge is 0.345 e. The van der Waals surface area contributed by atoms with Gasteiger partial charge in [0.1, 0.15) is 17.2 Å². The topological polar surface area (TPSA) is 65.0 Å². The first kappa shape index (κ1) is 15.7. The zero-order valence-electron chi connectivity index (χ0n) is 12.5. The Bertz CT molecular complexity index is 621. The number of ether oxygens (including phenoxy) is 3. The third-order valence-electron chi connectivity index (χ3n) is 3.21. The van der Waals surface area contributed by atoms with Gasteiger partial charge >= 0.3 is 5.97 Å². The van der Waals surface area contributed by atoms with Crippen LogP contribution in [-0.2, 0) is 11.2 Å². The van der Waals surface area contributed by atoms with Crippen LogP contribution in [0.15, 0.2) is 48.5 Å². The van der Waals surface area contributed by atoms with Crippen molar-refractivity contribution >= 4 is 5.97 Å². The molecule has 5 heteroatoms. The molecule has 1 N–H and O–H groups in total. The van der Waals surface area contributed by atoms with Gasteiger partial charge < -0.3 is 19.3 Å². The largest absolute Gasteiger partial charge is 0.497 e. The van der Waals surface area contributed by atoms with Crippen LogP contribution < -0.4 is 14.2 Å². The number of benzene rings is 2. The molecule has 0 radical (unpaired) electrons. The zero-order chi connectivity index (χ0) is 15.9. The summed E-state index contributed by atoms with van der Waals surface area (Å²) in [4.78, 5) is 11.4. The van der Waals surface area contributed by atoms with Crippen molar-refractivity contribution in [3.8, 4) is 17.2 Å². The molecule has 0 aliphatic rings. The van der Waals surface area contributed by atoms with Gasteiger partial charge in [0.2, 0.25) is 0 Å². The summed E-state index contributed by atoms with van der Waals surface area (Å²) in [6.45, 7) is 0. The summed E-state index contributed by atoms with van der Waals surface area (Å²) in [6, 6.07) is 14.1. The first-order chi connectivity index (χ1) is 10.6. The van der Waals surface area contributed by atoms with Crippen LogP contribution in [0.3, 0.4) is 0 Å². The monoisotopic (exact) mass is 302 g/mol. The van der Waals surface area contributed by atoms with Crippen LogP contribution >= 0.6 is 0 Å². The lowest BCUT2D eigenvalue weighted by Crippen LogP contribution is -2.29. The van der Waals surface area contributed by atoms with Crippen molar-refractivity contribution in [2.75, 3.05) is 14.2 Å². The molecule has 0 unspecified atom stereocenters. The summed E-state index contributed by atoms with van der Waals surface area (Å²) in [7, 11) is 3.12. The lowest BCUT2D eigenvalue weighted by molar-refractivity contribution is -0.145. The molecule has 0 saturated carbocycles. The molecule has 0 aromatic heterocycles. The number of rotatable bonds is 7. The van der Waals surface area contributed by atoms with Gasteiger partial charge in [0.15, 0.2) is 6.10 Å². The van der Waals surface area contributed by atoms with Gasteiger partial charge in [-0.15, -0.1) is 0 Å². The number of aliphatic carboxylic acids is 1. The Balaban J connectivity index is 2.14. The summed E-state index contributed by atoms with van der Waals surface area (Å²) < 4.78 is 15.9. The molecule has 0 spiro atoms. The van der Waals surface area contributed by atoms with Crippen LogP contribution in [0.1, 0.15) is 5.56 Å². The van der Waals surface area contributed by atoms with Gasteiger partial charge in [-0.05, 0) is 35.9 Å². The molecule has 22 heavy (non-hydrogen) atoms. The van der Waals surface area contributed by atoms with Crippen LogP contribution in [0, 0.1) is 0 Å². The van der Waals surface area contributed by atoms with Crippen molar-refractivity contribution in [3.63, 3.8) is 0 Å². The first-order valence-corrected chi connectivity index (χ1v) is 6.79. The van der Waals surface area contributed by atoms with Crippen LogP contribution in [0.5, 0.6) is 17.2 Å². The predicted molar refractivity (Wildman–Crippen MR) is 81.7 cm³/mol. The molecule has 116 valence electrons. The van der Waals surface area contributed by atoms with Crippen LogP contribution in [0.25, 0.3) is 0 Å².